The van der Waals surface area contributed by atoms with E-state index in [4.69, 9.17) is 5.73 Å². The fraction of sp³-hybridized carbons (Fsp3) is 0.667. The highest BCUT2D eigenvalue weighted by Gasteiger charge is 2.50. The molecule has 1 heteroatoms. The number of rotatable bonds is 0. The molecule has 0 heterocycles. The maximum absolute atomic E-state index is 6.04. The highest BCUT2D eigenvalue weighted by atomic mass is 14.6. The van der Waals surface area contributed by atoms with Crippen molar-refractivity contribution in [1.82, 2.24) is 0 Å². The summed E-state index contributed by atoms with van der Waals surface area (Å²) in [6.45, 7) is 2.57. The number of anilines is 1. The van der Waals surface area contributed by atoms with Crippen LogP contribution in [0, 0.1) is 17.3 Å². The Labute approximate surface area is 116 Å². The molecule has 3 aliphatic carbocycles. The maximum atomic E-state index is 6.04. The van der Waals surface area contributed by atoms with Gasteiger partial charge in [0.2, 0.25) is 0 Å². The van der Waals surface area contributed by atoms with Gasteiger partial charge in [-0.3, -0.25) is 0 Å². The van der Waals surface area contributed by atoms with Gasteiger partial charge in [0.15, 0.2) is 0 Å². The van der Waals surface area contributed by atoms with E-state index in [2.05, 4.69) is 25.1 Å². The third kappa shape index (κ3) is 1.67. The third-order valence-corrected chi connectivity index (χ3v) is 6.53. The van der Waals surface area contributed by atoms with Crippen molar-refractivity contribution in [3.05, 3.63) is 29.3 Å². The Morgan fingerprint density at radius 1 is 1.16 bits per heavy atom. The van der Waals surface area contributed by atoms with Crippen molar-refractivity contribution in [2.75, 3.05) is 5.73 Å². The number of nitrogens with two attached hydrogens (primary N) is 1. The molecule has 0 saturated heterocycles. The second-order valence-corrected chi connectivity index (χ2v) is 7.46. The third-order valence-electron chi connectivity index (χ3n) is 6.53. The minimum atomic E-state index is 0.666. The van der Waals surface area contributed by atoms with Crippen molar-refractivity contribution in [2.24, 2.45) is 17.3 Å². The maximum Gasteiger partial charge on any atom is 0.0317 e. The second-order valence-electron chi connectivity index (χ2n) is 7.46. The van der Waals surface area contributed by atoms with Gasteiger partial charge in [-0.15, -0.1) is 0 Å². The van der Waals surface area contributed by atoms with Crippen molar-refractivity contribution < 1.29 is 0 Å². The Balaban J connectivity index is 1.73. The van der Waals surface area contributed by atoms with E-state index in [0.717, 1.165) is 23.4 Å². The van der Waals surface area contributed by atoms with E-state index in [1.807, 2.05) is 0 Å². The first kappa shape index (κ1) is 11.8. The Kier molecular flexibility index (Phi) is 2.49. The lowest BCUT2D eigenvalue weighted by Gasteiger charge is -2.49. The molecule has 2 saturated carbocycles. The molecule has 0 bridgehead atoms. The molecule has 3 unspecified atom stereocenters. The zero-order chi connectivity index (χ0) is 13.0. The van der Waals surface area contributed by atoms with Crippen LogP contribution in [-0.4, -0.2) is 0 Å². The van der Waals surface area contributed by atoms with Gasteiger partial charge in [-0.05, 0) is 85.0 Å². The quantitative estimate of drug-likeness (QED) is 0.678. The standard InChI is InChI=1S/C18H25N/c1-18-9-2-3-17(18)15-7-5-12-4-6-13(19)11-16(12)14(15)8-10-18/h4,6,11,14-15,17H,2-3,5,7-10,19H2,1H3/t14?,15?,17?,18-/m0/s1. The molecule has 0 aliphatic heterocycles. The average molecular weight is 255 g/mol. The molecule has 0 aromatic heterocycles. The van der Waals surface area contributed by atoms with Crippen LogP contribution in [-0.2, 0) is 6.42 Å². The Morgan fingerprint density at radius 3 is 2.95 bits per heavy atom. The summed E-state index contributed by atoms with van der Waals surface area (Å²) in [5, 5.41) is 0. The van der Waals surface area contributed by atoms with E-state index in [0.29, 0.717) is 5.41 Å². The number of nitrogen functional groups attached to an aromatic ring is 1. The summed E-state index contributed by atoms with van der Waals surface area (Å²) in [6, 6.07) is 6.65. The fourth-order valence-electron chi connectivity index (χ4n) is 5.58. The highest BCUT2D eigenvalue weighted by molar-refractivity contribution is 5.47. The van der Waals surface area contributed by atoms with Crippen LogP contribution >= 0.6 is 0 Å². The Morgan fingerprint density at radius 2 is 2.05 bits per heavy atom. The summed E-state index contributed by atoms with van der Waals surface area (Å²) in [6.07, 6.45) is 9.96. The van der Waals surface area contributed by atoms with E-state index in [-0.39, 0.29) is 0 Å². The van der Waals surface area contributed by atoms with Crippen molar-refractivity contribution >= 4 is 5.69 Å². The van der Waals surface area contributed by atoms with Crippen LogP contribution in [0.3, 0.4) is 0 Å². The lowest BCUT2D eigenvalue weighted by molar-refractivity contribution is 0.0599. The zero-order valence-corrected chi connectivity index (χ0v) is 12.0. The minimum Gasteiger partial charge on any atom is -0.399 e. The van der Waals surface area contributed by atoms with Gasteiger partial charge in [0.05, 0.1) is 0 Å². The van der Waals surface area contributed by atoms with Crippen LogP contribution in [0.25, 0.3) is 0 Å². The van der Waals surface area contributed by atoms with Crippen molar-refractivity contribution in [2.45, 2.75) is 57.8 Å². The molecule has 3 aliphatic rings. The van der Waals surface area contributed by atoms with E-state index >= 15 is 0 Å². The minimum absolute atomic E-state index is 0.666. The zero-order valence-electron chi connectivity index (χ0n) is 12.0. The summed E-state index contributed by atoms with van der Waals surface area (Å²) in [4.78, 5) is 0. The van der Waals surface area contributed by atoms with Crippen molar-refractivity contribution in [1.29, 1.82) is 0 Å². The predicted octanol–water partition coefficient (Wildman–Crippen LogP) is 4.52. The topological polar surface area (TPSA) is 26.0 Å². The Bertz CT molecular complexity index is 506. The first-order valence-corrected chi connectivity index (χ1v) is 8.06. The van der Waals surface area contributed by atoms with Crippen molar-refractivity contribution in [3.8, 4) is 0 Å². The lowest BCUT2D eigenvalue weighted by atomic mass is 9.56. The fourth-order valence-corrected chi connectivity index (χ4v) is 5.58. The van der Waals surface area contributed by atoms with E-state index in [1.54, 1.807) is 11.1 Å². The van der Waals surface area contributed by atoms with Gasteiger partial charge in [0.1, 0.15) is 0 Å². The summed E-state index contributed by atoms with van der Waals surface area (Å²) < 4.78 is 0. The molecule has 1 nitrogen and oxygen atoms in total. The van der Waals surface area contributed by atoms with Crippen LogP contribution in [0.2, 0.25) is 0 Å². The van der Waals surface area contributed by atoms with Gasteiger partial charge in [0, 0.05) is 5.69 Å². The van der Waals surface area contributed by atoms with Gasteiger partial charge in [-0.1, -0.05) is 19.4 Å². The summed E-state index contributed by atoms with van der Waals surface area (Å²) in [5.41, 5.74) is 10.8. The van der Waals surface area contributed by atoms with Crippen LogP contribution < -0.4 is 5.73 Å². The molecule has 1 aromatic carbocycles. The van der Waals surface area contributed by atoms with Gasteiger partial charge < -0.3 is 5.73 Å². The van der Waals surface area contributed by atoms with E-state index in [9.17, 15) is 0 Å². The number of hydrogen-bond acceptors (Lipinski definition) is 1. The van der Waals surface area contributed by atoms with Gasteiger partial charge in [0.25, 0.3) is 0 Å². The molecule has 2 fully saturated rings. The predicted molar refractivity (Wildman–Crippen MR) is 80.1 cm³/mol. The average Bonchev–Trinajstić information content (AvgIpc) is 2.80. The summed E-state index contributed by atoms with van der Waals surface area (Å²) in [7, 11) is 0. The molecule has 0 spiro atoms. The first-order valence-electron chi connectivity index (χ1n) is 8.06. The summed E-state index contributed by atoms with van der Waals surface area (Å²) >= 11 is 0. The molecular weight excluding hydrogens is 230 g/mol. The second kappa shape index (κ2) is 4.01. The van der Waals surface area contributed by atoms with Gasteiger partial charge >= 0.3 is 0 Å². The van der Waals surface area contributed by atoms with E-state index < -0.39 is 0 Å². The molecule has 1 aromatic rings. The van der Waals surface area contributed by atoms with Crippen LogP contribution in [0.4, 0.5) is 5.69 Å². The normalized spacial score (nSPS) is 40.4. The SMILES string of the molecule is C[C@@]12CCCC1C1CCc3ccc(N)cc3C1CC2. The van der Waals surface area contributed by atoms with Crippen LogP contribution in [0.5, 0.6) is 0 Å². The van der Waals surface area contributed by atoms with Crippen LogP contribution in [0.1, 0.15) is 62.5 Å². The molecule has 0 radical (unpaired) electrons. The number of aryl methyl sites for hydroxylation is 1. The molecule has 2 N–H and O–H groups in total. The molecule has 102 valence electrons. The molecule has 4 rings (SSSR count). The smallest absolute Gasteiger partial charge is 0.0317 e. The van der Waals surface area contributed by atoms with Crippen LogP contribution in [0.15, 0.2) is 18.2 Å². The highest BCUT2D eigenvalue weighted by Crippen LogP contribution is 2.60. The summed E-state index contributed by atoms with van der Waals surface area (Å²) in [5.74, 6) is 2.74. The number of benzene rings is 1. The lowest BCUT2D eigenvalue weighted by Crippen LogP contribution is -2.39. The van der Waals surface area contributed by atoms with Crippen molar-refractivity contribution in [3.63, 3.8) is 0 Å². The number of hydrogen-bond donors (Lipinski definition) is 1. The largest absolute Gasteiger partial charge is 0.399 e. The molecular formula is C18H25N. The first-order chi connectivity index (χ1) is 9.17. The molecule has 4 atom stereocenters. The monoisotopic (exact) mass is 255 g/mol. The van der Waals surface area contributed by atoms with E-state index in [1.165, 1.54) is 44.9 Å². The van der Waals surface area contributed by atoms with Gasteiger partial charge in [-0.25, -0.2) is 0 Å². The van der Waals surface area contributed by atoms with Gasteiger partial charge in [-0.2, -0.15) is 0 Å². The molecule has 0 amide bonds. The Hall–Kier alpha value is -0.980. The number of fused-ring (bicyclic) bond motifs is 5. The molecule has 19 heavy (non-hydrogen) atoms.